The monoisotopic (exact) mass is 487 g/mol. The van der Waals surface area contributed by atoms with Gasteiger partial charge in [-0.3, -0.25) is 14.4 Å². The molecule has 35 heavy (non-hydrogen) atoms. The van der Waals surface area contributed by atoms with Crippen LogP contribution in [0, 0.1) is 23.7 Å². The Kier molecular flexibility index (Phi) is 8.61. The molecule has 2 aliphatic rings. The third kappa shape index (κ3) is 7.08. The van der Waals surface area contributed by atoms with Gasteiger partial charge in [-0.25, -0.2) is 4.68 Å². The number of ether oxygens (including phenoxy) is 1. The highest BCUT2D eigenvalue weighted by Crippen LogP contribution is 2.41. The summed E-state index contributed by atoms with van der Waals surface area (Å²) in [5, 5.41) is 10.5. The van der Waals surface area contributed by atoms with Crippen LogP contribution in [0.3, 0.4) is 0 Å². The van der Waals surface area contributed by atoms with Crippen LogP contribution in [0.5, 0.6) is 5.88 Å². The summed E-state index contributed by atoms with van der Waals surface area (Å²) < 4.78 is 7.57. The van der Waals surface area contributed by atoms with Gasteiger partial charge in [0.05, 0.1) is 18.3 Å². The first-order chi connectivity index (χ1) is 16.5. The Labute approximate surface area is 208 Å². The maximum absolute atomic E-state index is 13.5. The largest absolute Gasteiger partial charge is 0.477 e. The van der Waals surface area contributed by atoms with Crippen LogP contribution in [0.4, 0.5) is 0 Å². The summed E-state index contributed by atoms with van der Waals surface area (Å²) in [5.74, 6) is 0.518. The van der Waals surface area contributed by atoms with Gasteiger partial charge >= 0.3 is 0 Å². The molecule has 0 radical (unpaired) electrons. The molecule has 194 valence electrons. The number of nitrogens with one attached hydrogen (secondary N) is 2. The fourth-order valence-corrected chi connectivity index (χ4v) is 5.35. The van der Waals surface area contributed by atoms with E-state index >= 15 is 0 Å². The number of fused-ring (bicyclic) bond motifs is 2. The normalized spacial score (nSPS) is 24.7. The van der Waals surface area contributed by atoms with Gasteiger partial charge in [0.15, 0.2) is 0 Å². The zero-order valence-electron chi connectivity index (χ0n) is 21.7. The van der Waals surface area contributed by atoms with E-state index in [2.05, 4.69) is 15.7 Å². The van der Waals surface area contributed by atoms with E-state index in [1.807, 2.05) is 33.8 Å². The van der Waals surface area contributed by atoms with Crippen molar-refractivity contribution in [2.45, 2.75) is 84.7 Å². The fraction of sp³-hybridized carbons (Fsp3) is 0.692. The summed E-state index contributed by atoms with van der Waals surface area (Å²) in [6, 6.07) is 0.0103. The van der Waals surface area contributed by atoms with Gasteiger partial charge in [-0.15, -0.1) is 0 Å². The van der Waals surface area contributed by atoms with Crippen molar-refractivity contribution in [3.8, 4) is 5.88 Å². The summed E-state index contributed by atoms with van der Waals surface area (Å²) in [6.07, 6.45) is 10.6. The van der Waals surface area contributed by atoms with Crippen LogP contribution in [0.25, 0.3) is 6.20 Å². The second-order valence-corrected chi connectivity index (χ2v) is 11.1. The molecule has 2 unspecified atom stereocenters. The summed E-state index contributed by atoms with van der Waals surface area (Å²) in [5.41, 5.74) is 5.42. The van der Waals surface area contributed by atoms with Crippen LogP contribution >= 0.6 is 0 Å². The van der Waals surface area contributed by atoms with Crippen molar-refractivity contribution >= 4 is 23.9 Å². The second-order valence-electron chi connectivity index (χ2n) is 11.1. The van der Waals surface area contributed by atoms with Crippen LogP contribution in [-0.4, -0.2) is 45.7 Å². The van der Waals surface area contributed by atoms with Crippen molar-refractivity contribution < 1.29 is 19.1 Å². The third-order valence-electron chi connectivity index (χ3n) is 7.02. The molecule has 2 aliphatic carbocycles. The smallest absolute Gasteiger partial charge is 0.258 e. The number of primary amides is 1. The first kappa shape index (κ1) is 26.8. The highest BCUT2D eigenvalue weighted by molar-refractivity contribution is 5.96. The lowest BCUT2D eigenvalue weighted by Crippen LogP contribution is -2.47. The maximum Gasteiger partial charge on any atom is 0.258 e. The molecule has 0 saturated heterocycles. The molecule has 3 rings (SSSR count). The lowest BCUT2D eigenvalue weighted by molar-refractivity contribution is -0.122. The lowest BCUT2D eigenvalue weighted by Gasteiger charge is -2.37. The molecular formula is C26H41N5O4. The molecule has 1 aromatic heterocycles. The van der Waals surface area contributed by atoms with Gasteiger partial charge in [0.1, 0.15) is 5.56 Å². The molecule has 0 aliphatic heterocycles. The quantitative estimate of drug-likeness (QED) is 0.493. The Balaban J connectivity index is 1.83. The van der Waals surface area contributed by atoms with Gasteiger partial charge in [-0.05, 0) is 69.8 Å². The Morgan fingerprint density at radius 2 is 1.94 bits per heavy atom. The number of nitrogens with zero attached hydrogens (tertiary/aromatic N) is 2. The number of hydrogen-bond donors (Lipinski definition) is 3. The van der Waals surface area contributed by atoms with E-state index in [1.165, 1.54) is 17.8 Å². The molecule has 1 heterocycles. The van der Waals surface area contributed by atoms with Crippen molar-refractivity contribution in [3.05, 3.63) is 17.8 Å². The average molecular weight is 488 g/mol. The second kappa shape index (κ2) is 11.3. The number of rotatable bonds is 9. The average Bonchev–Trinajstić information content (AvgIpc) is 3.13. The lowest BCUT2D eigenvalue weighted by atomic mass is 9.75. The van der Waals surface area contributed by atoms with Gasteiger partial charge < -0.3 is 21.1 Å². The zero-order valence-corrected chi connectivity index (χ0v) is 21.7. The van der Waals surface area contributed by atoms with Gasteiger partial charge in [-0.1, -0.05) is 20.3 Å². The molecule has 1 aromatic rings. The van der Waals surface area contributed by atoms with Crippen LogP contribution in [0.1, 0.15) is 83.5 Å². The fourth-order valence-electron chi connectivity index (χ4n) is 5.35. The summed E-state index contributed by atoms with van der Waals surface area (Å²) >= 11 is 0. The first-order valence-electron chi connectivity index (χ1n) is 12.8. The van der Waals surface area contributed by atoms with E-state index in [0.717, 1.165) is 38.5 Å². The standard InChI is InChI=1S/C26H41N5O4/c1-16(2)15-35-25-21(14-28-31(25)12-11-26(4,5)30-17(3)32)24(34)29-22-18-7-6-8-19(22)13-20(10-9-18)23(27)33/h11-12,14,16,18-20,22H,6-10,13,15H2,1-5H3,(H2,27,33)(H,29,34)(H,30,32)/b12-11+/t18?,19?,20-,22-/m0/s1. The number of nitrogens with two attached hydrogens (primary N) is 1. The molecule has 2 saturated carbocycles. The van der Waals surface area contributed by atoms with E-state index in [4.69, 9.17) is 10.5 Å². The summed E-state index contributed by atoms with van der Waals surface area (Å²) in [6.45, 7) is 9.74. The molecule has 0 spiro atoms. The van der Waals surface area contributed by atoms with Crippen LogP contribution in [-0.2, 0) is 9.59 Å². The Bertz CT molecular complexity index is 952. The van der Waals surface area contributed by atoms with Gasteiger partial charge in [-0.2, -0.15) is 5.10 Å². The van der Waals surface area contributed by atoms with Crippen molar-refractivity contribution in [2.24, 2.45) is 29.4 Å². The predicted octanol–water partition coefficient (Wildman–Crippen LogP) is 3.10. The Hall–Kier alpha value is -2.84. The number of carbonyl (C=O) groups excluding carboxylic acids is 3. The minimum atomic E-state index is -0.593. The third-order valence-corrected chi connectivity index (χ3v) is 7.02. The van der Waals surface area contributed by atoms with Crippen LogP contribution in [0.15, 0.2) is 12.3 Å². The number of hydrogen-bond acceptors (Lipinski definition) is 5. The molecule has 4 atom stereocenters. The summed E-state index contributed by atoms with van der Waals surface area (Å²) in [4.78, 5) is 36.9. The minimum Gasteiger partial charge on any atom is -0.477 e. The Morgan fingerprint density at radius 3 is 2.60 bits per heavy atom. The molecule has 3 amide bonds. The molecule has 9 nitrogen and oxygen atoms in total. The van der Waals surface area contributed by atoms with E-state index in [9.17, 15) is 14.4 Å². The molecule has 0 aromatic carbocycles. The predicted molar refractivity (Wildman–Crippen MR) is 134 cm³/mol. The van der Waals surface area contributed by atoms with Crippen LogP contribution < -0.4 is 21.1 Å². The van der Waals surface area contributed by atoms with E-state index < -0.39 is 5.54 Å². The zero-order chi connectivity index (χ0) is 25.8. The minimum absolute atomic E-state index is 0.0103. The van der Waals surface area contributed by atoms with Gasteiger partial charge in [0.2, 0.25) is 17.7 Å². The summed E-state index contributed by atoms with van der Waals surface area (Å²) in [7, 11) is 0. The van der Waals surface area contributed by atoms with Crippen molar-refractivity contribution in [1.29, 1.82) is 0 Å². The van der Waals surface area contributed by atoms with Crippen molar-refractivity contribution in [2.75, 3.05) is 6.61 Å². The van der Waals surface area contributed by atoms with Crippen molar-refractivity contribution in [1.82, 2.24) is 20.4 Å². The van der Waals surface area contributed by atoms with Crippen LogP contribution in [0.2, 0.25) is 0 Å². The van der Waals surface area contributed by atoms with E-state index in [0.29, 0.717) is 24.0 Å². The number of carbonyl (C=O) groups is 3. The molecular weight excluding hydrogens is 446 g/mol. The Morgan fingerprint density at radius 1 is 1.23 bits per heavy atom. The molecule has 9 heteroatoms. The van der Waals surface area contributed by atoms with E-state index in [-0.39, 0.29) is 41.5 Å². The molecule has 4 N–H and O–H groups in total. The maximum atomic E-state index is 13.5. The topological polar surface area (TPSA) is 128 Å². The SMILES string of the molecule is CC(=O)NC(C)(C)/C=C/n1ncc(C(=O)N[C@H]2C3CCCC2C[C@@H](C(N)=O)CC3)c1OCC(C)C. The number of amides is 3. The molecule has 2 bridgehead atoms. The number of aromatic nitrogens is 2. The van der Waals surface area contributed by atoms with Crippen molar-refractivity contribution in [3.63, 3.8) is 0 Å². The van der Waals surface area contributed by atoms with E-state index in [1.54, 1.807) is 6.20 Å². The highest BCUT2D eigenvalue weighted by Gasteiger charge is 2.40. The first-order valence-corrected chi connectivity index (χ1v) is 12.8. The van der Waals surface area contributed by atoms with Gasteiger partial charge in [0.25, 0.3) is 5.91 Å². The van der Waals surface area contributed by atoms with Gasteiger partial charge in [0, 0.05) is 25.1 Å². The highest BCUT2D eigenvalue weighted by atomic mass is 16.5. The molecule has 2 fully saturated rings.